The third-order valence-electron chi connectivity index (χ3n) is 3.60. The van der Waals surface area contributed by atoms with Gasteiger partial charge in [0.05, 0.1) is 19.0 Å². The molecule has 1 N–H and O–H groups in total. The number of carbonyl (C=O) groups excluding carboxylic acids is 1. The minimum absolute atomic E-state index is 0.0352. The molecule has 0 saturated carbocycles. The number of benzene rings is 1. The van der Waals surface area contributed by atoms with Gasteiger partial charge in [0.1, 0.15) is 5.75 Å². The van der Waals surface area contributed by atoms with Crippen molar-refractivity contribution in [2.75, 3.05) is 19.5 Å². The molecule has 0 fully saturated rings. The number of amides is 2. The molecule has 0 spiro atoms. The average molecular weight is 299 g/mol. The summed E-state index contributed by atoms with van der Waals surface area (Å²) in [5, 5.41) is 2.83. The number of ether oxygens (including phenoxy) is 1. The Labute approximate surface area is 130 Å². The van der Waals surface area contributed by atoms with Gasteiger partial charge in [0, 0.05) is 19.3 Å². The molecule has 0 saturated heterocycles. The normalized spacial score (nSPS) is 11.6. The first-order chi connectivity index (χ1) is 10.6. The summed E-state index contributed by atoms with van der Waals surface area (Å²) in [4.78, 5) is 17.9. The first kappa shape index (κ1) is 15.8. The van der Waals surface area contributed by atoms with Crippen molar-refractivity contribution in [2.24, 2.45) is 0 Å². The van der Waals surface area contributed by atoms with Gasteiger partial charge in [0.2, 0.25) is 0 Å². The highest BCUT2D eigenvalue weighted by Crippen LogP contribution is 2.20. The van der Waals surface area contributed by atoms with E-state index in [2.05, 4.69) is 10.3 Å². The Bertz CT molecular complexity index is 616. The third kappa shape index (κ3) is 3.97. The number of rotatable bonds is 5. The lowest BCUT2D eigenvalue weighted by Gasteiger charge is -2.25. The molecule has 0 bridgehead atoms. The van der Waals surface area contributed by atoms with Crippen LogP contribution < -0.4 is 10.1 Å². The van der Waals surface area contributed by atoms with Gasteiger partial charge in [-0.15, -0.1) is 0 Å². The predicted molar refractivity (Wildman–Crippen MR) is 87.2 cm³/mol. The number of carbonyl (C=O) groups is 1. The molecule has 1 unspecified atom stereocenters. The number of likely N-dealkylation sites (N-methyl/N-ethyl adjacent to an activating group) is 1. The zero-order valence-electron chi connectivity index (χ0n) is 13.1. The van der Waals surface area contributed by atoms with Crippen molar-refractivity contribution < 1.29 is 9.53 Å². The van der Waals surface area contributed by atoms with Gasteiger partial charge in [-0.25, -0.2) is 4.79 Å². The van der Waals surface area contributed by atoms with Crippen LogP contribution in [0.2, 0.25) is 0 Å². The fourth-order valence-electron chi connectivity index (χ4n) is 2.18. The Kier molecular flexibility index (Phi) is 5.36. The SMILES string of the molecule is COc1ccccc1CC(C)N(C)C(=O)Nc1cccnc1. The average Bonchev–Trinajstić information content (AvgIpc) is 2.55. The molecule has 0 aliphatic rings. The third-order valence-corrected chi connectivity index (χ3v) is 3.60. The number of nitrogens with one attached hydrogen (secondary N) is 1. The van der Waals surface area contributed by atoms with Gasteiger partial charge in [0.25, 0.3) is 0 Å². The van der Waals surface area contributed by atoms with Gasteiger partial charge in [-0.2, -0.15) is 0 Å². The number of urea groups is 1. The molecule has 1 aromatic carbocycles. The topological polar surface area (TPSA) is 54.5 Å². The number of para-hydroxylation sites is 1. The summed E-state index contributed by atoms with van der Waals surface area (Å²) in [5.74, 6) is 0.843. The molecule has 5 nitrogen and oxygen atoms in total. The van der Waals surface area contributed by atoms with E-state index in [1.807, 2.05) is 37.3 Å². The van der Waals surface area contributed by atoms with Crippen LogP contribution in [0.25, 0.3) is 0 Å². The van der Waals surface area contributed by atoms with Gasteiger partial charge < -0.3 is 15.0 Å². The molecule has 1 atom stereocenters. The molecular formula is C17H21N3O2. The summed E-state index contributed by atoms with van der Waals surface area (Å²) in [7, 11) is 3.44. The minimum Gasteiger partial charge on any atom is -0.496 e. The first-order valence-electron chi connectivity index (χ1n) is 7.17. The Hall–Kier alpha value is -2.56. The smallest absolute Gasteiger partial charge is 0.321 e. The van der Waals surface area contributed by atoms with E-state index < -0.39 is 0 Å². The lowest BCUT2D eigenvalue weighted by Crippen LogP contribution is -2.39. The van der Waals surface area contributed by atoms with E-state index in [0.29, 0.717) is 5.69 Å². The van der Waals surface area contributed by atoms with E-state index in [4.69, 9.17) is 4.74 Å². The Balaban J connectivity index is 1.99. The molecule has 1 aromatic heterocycles. The summed E-state index contributed by atoms with van der Waals surface area (Å²) < 4.78 is 5.35. The molecule has 116 valence electrons. The Morgan fingerprint density at radius 2 is 2.09 bits per heavy atom. The van der Waals surface area contributed by atoms with Crippen LogP contribution in [0, 0.1) is 0 Å². The lowest BCUT2D eigenvalue weighted by molar-refractivity contribution is 0.207. The van der Waals surface area contributed by atoms with Gasteiger partial charge >= 0.3 is 6.03 Å². The van der Waals surface area contributed by atoms with E-state index >= 15 is 0 Å². The van der Waals surface area contributed by atoms with E-state index in [0.717, 1.165) is 17.7 Å². The molecule has 2 aromatic rings. The van der Waals surface area contributed by atoms with Crippen molar-refractivity contribution in [1.29, 1.82) is 0 Å². The van der Waals surface area contributed by atoms with E-state index in [-0.39, 0.29) is 12.1 Å². The number of hydrogen-bond donors (Lipinski definition) is 1. The van der Waals surface area contributed by atoms with Gasteiger partial charge in [-0.3, -0.25) is 4.98 Å². The second-order valence-corrected chi connectivity index (χ2v) is 5.15. The molecule has 0 radical (unpaired) electrons. The number of anilines is 1. The van der Waals surface area contributed by atoms with E-state index in [1.54, 1.807) is 37.5 Å². The molecule has 2 amide bonds. The molecule has 22 heavy (non-hydrogen) atoms. The number of pyridine rings is 1. The monoisotopic (exact) mass is 299 g/mol. The maximum atomic E-state index is 12.3. The summed E-state index contributed by atoms with van der Waals surface area (Å²) in [5.41, 5.74) is 1.77. The molecule has 1 heterocycles. The van der Waals surface area contributed by atoms with Crippen LogP contribution in [0.15, 0.2) is 48.8 Å². The fourth-order valence-corrected chi connectivity index (χ4v) is 2.18. The van der Waals surface area contributed by atoms with Crippen molar-refractivity contribution in [3.63, 3.8) is 0 Å². The summed E-state index contributed by atoms with van der Waals surface area (Å²) in [6.45, 7) is 2.01. The molecular weight excluding hydrogens is 278 g/mol. The standard InChI is InChI=1S/C17H21N3O2/c1-13(11-14-7-4-5-9-16(14)22-3)20(2)17(21)19-15-8-6-10-18-12-15/h4-10,12-13H,11H2,1-3H3,(H,19,21). The van der Waals surface area contributed by atoms with Crippen LogP contribution in [0.5, 0.6) is 5.75 Å². The van der Waals surface area contributed by atoms with Crippen LogP contribution in [-0.2, 0) is 6.42 Å². The van der Waals surface area contributed by atoms with E-state index in [9.17, 15) is 4.79 Å². The summed E-state index contributed by atoms with van der Waals surface area (Å²) in [6, 6.07) is 11.3. The molecule has 0 aliphatic heterocycles. The maximum absolute atomic E-state index is 12.3. The van der Waals surface area contributed by atoms with Crippen LogP contribution in [0.3, 0.4) is 0 Å². The quantitative estimate of drug-likeness (QED) is 0.922. The highest BCUT2D eigenvalue weighted by molar-refractivity contribution is 5.89. The Morgan fingerprint density at radius 3 is 2.77 bits per heavy atom. The highest BCUT2D eigenvalue weighted by atomic mass is 16.5. The zero-order valence-corrected chi connectivity index (χ0v) is 13.1. The zero-order chi connectivity index (χ0) is 15.9. The largest absolute Gasteiger partial charge is 0.496 e. The van der Waals surface area contributed by atoms with Crippen molar-refractivity contribution in [1.82, 2.24) is 9.88 Å². The number of hydrogen-bond acceptors (Lipinski definition) is 3. The van der Waals surface area contributed by atoms with Gasteiger partial charge in [0.15, 0.2) is 0 Å². The second kappa shape index (κ2) is 7.45. The van der Waals surface area contributed by atoms with Crippen LogP contribution in [-0.4, -0.2) is 36.1 Å². The highest BCUT2D eigenvalue weighted by Gasteiger charge is 2.17. The van der Waals surface area contributed by atoms with Crippen LogP contribution >= 0.6 is 0 Å². The summed E-state index contributed by atoms with van der Waals surface area (Å²) in [6.07, 6.45) is 4.02. The van der Waals surface area contributed by atoms with Crippen molar-refractivity contribution >= 4 is 11.7 Å². The number of nitrogens with zero attached hydrogens (tertiary/aromatic N) is 2. The van der Waals surface area contributed by atoms with Crippen LogP contribution in [0.1, 0.15) is 12.5 Å². The van der Waals surface area contributed by atoms with Crippen molar-refractivity contribution in [3.05, 3.63) is 54.4 Å². The van der Waals surface area contributed by atoms with Crippen LogP contribution in [0.4, 0.5) is 10.5 Å². The van der Waals surface area contributed by atoms with Gasteiger partial charge in [-0.1, -0.05) is 18.2 Å². The molecule has 2 rings (SSSR count). The Morgan fingerprint density at radius 1 is 1.32 bits per heavy atom. The number of aromatic nitrogens is 1. The maximum Gasteiger partial charge on any atom is 0.321 e. The first-order valence-corrected chi connectivity index (χ1v) is 7.17. The molecule has 0 aliphatic carbocycles. The van der Waals surface area contributed by atoms with E-state index in [1.165, 1.54) is 0 Å². The predicted octanol–water partition coefficient (Wildman–Crippen LogP) is 3.19. The van der Waals surface area contributed by atoms with Crippen molar-refractivity contribution in [3.8, 4) is 5.75 Å². The second-order valence-electron chi connectivity index (χ2n) is 5.15. The minimum atomic E-state index is -0.157. The lowest BCUT2D eigenvalue weighted by atomic mass is 10.1. The summed E-state index contributed by atoms with van der Waals surface area (Å²) >= 11 is 0. The number of methoxy groups -OCH3 is 1. The van der Waals surface area contributed by atoms with Crippen molar-refractivity contribution in [2.45, 2.75) is 19.4 Å². The van der Waals surface area contributed by atoms with Gasteiger partial charge in [-0.05, 0) is 37.1 Å². The molecule has 5 heteroatoms. The fraction of sp³-hybridized carbons (Fsp3) is 0.294.